The Labute approximate surface area is 138 Å². The van der Waals surface area contributed by atoms with E-state index in [9.17, 15) is 18.3 Å². The van der Waals surface area contributed by atoms with Gasteiger partial charge in [0.1, 0.15) is 11.4 Å². The largest absolute Gasteiger partial charge is 0.508 e. The molecule has 1 fully saturated rings. The highest BCUT2D eigenvalue weighted by Gasteiger charge is 2.35. The van der Waals surface area contributed by atoms with Crippen molar-refractivity contribution in [2.24, 2.45) is 0 Å². The lowest BCUT2D eigenvalue weighted by Gasteiger charge is -2.27. The van der Waals surface area contributed by atoms with E-state index in [1.165, 1.54) is 18.2 Å². The molecule has 0 saturated carbocycles. The number of sulfone groups is 1. The summed E-state index contributed by atoms with van der Waals surface area (Å²) >= 11 is 0. The predicted octanol–water partition coefficient (Wildman–Crippen LogP) is 0.542. The minimum atomic E-state index is -3.65. The Morgan fingerprint density at radius 2 is 2.04 bits per heavy atom. The summed E-state index contributed by atoms with van der Waals surface area (Å²) in [5.41, 5.74) is 1.42. The molecule has 0 spiro atoms. The van der Waals surface area contributed by atoms with Crippen LogP contribution in [-0.2, 0) is 20.3 Å². The molecule has 3 heterocycles. The lowest BCUT2D eigenvalue weighted by atomic mass is 10.1. The summed E-state index contributed by atoms with van der Waals surface area (Å²) < 4.78 is 30.3. The zero-order valence-corrected chi connectivity index (χ0v) is 13.5. The van der Waals surface area contributed by atoms with Crippen LogP contribution < -0.4 is 0 Å². The second-order valence-corrected chi connectivity index (χ2v) is 7.73. The summed E-state index contributed by atoms with van der Waals surface area (Å²) in [5, 5.41) is 16.4. The molecule has 0 atom stereocenters. The maximum absolute atomic E-state index is 12.7. The molecule has 2 aliphatic heterocycles. The van der Waals surface area contributed by atoms with Gasteiger partial charge in [0.15, 0.2) is 9.84 Å². The van der Waals surface area contributed by atoms with Crippen LogP contribution in [0.15, 0.2) is 23.1 Å². The van der Waals surface area contributed by atoms with Crippen molar-refractivity contribution in [3.8, 4) is 17.0 Å². The molecule has 2 aromatic rings. The summed E-state index contributed by atoms with van der Waals surface area (Å²) in [6.45, 7) is 1.85. The zero-order valence-electron chi connectivity index (χ0n) is 12.7. The van der Waals surface area contributed by atoms with Crippen molar-refractivity contribution in [2.45, 2.75) is 10.6 Å². The summed E-state index contributed by atoms with van der Waals surface area (Å²) in [6.07, 6.45) is 0. The SMILES string of the molecule is O=C(c1[nH]nc2c1CS(=O)(=O)c1cc(O)ccc1-2)N1CCOCC1. The molecule has 24 heavy (non-hydrogen) atoms. The van der Waals surface area contributed by atoms with Gasteiger partial charge in [-0.25, -0.2) is 8.42 Å². The third-order valence-corrected chi connectivity index (χ3v) is 5.95. The number of H-pyrrole nitrogens is 1. The van der Waals surface area contributed by atoms with Gasteiger partial charge >= 0.3 is 0 Å². The van der Waals surface area contributed by atoms with E-state index in [1.807, 2.05) is 0 Å². The smallest absolute Gasteiger partial charge is 0.272 e. The van der Waals surface area contributed by atoms with Gasteiger partial charge in [0.05, 0.1) is 29.6 Å². The molecule has 2 aliphatic rings. The monoisotopic (exact) mass is 349 g/mol. The quantitative estimate of drug-likeness (QED) is 0.777. The van der Waals surface area contributed by atoms with E-state index >= 15 is 0 Å². The summed E-state index contributed by atoms with van der Waals surface area (Å²) in [7, 11) is -3.65. The maximum atomic E-state index is 12.7. The molecule has 0 unspecified atom stereocenters. The van der Waals surface area contributed by atoms with E-state index in [0.29, 0.717) is 43.1 Å². The van der Waals surface area contributed by atoms with Crippen LogP contribution in [0.5, 0.6) is 5.75 Å². The fourth-order valence-corrected chi connectivity index (χ4v) is 4.68. The number of phenolic OH excluding ortho intramolecular Hbond substituents is 1. The Balaban J connectivity index is 1.81. The number of fused-ring (bicyclic) bond motifs is 3. The third kappa shape index (κ3) is 2.28. The molecule has 0 aliphatic carbocycles. The summed E-state index contributed by atoms with van der Waals surface area (Å²) in [4.78, 5) is 14.3. The van der Waals surface area contributed by atoms with E-state index in [0.717, 1.165) is 0 Å². The van der Waals surface area contributed by atoms with Crippen molar-refractivity contribution in [3.63, 3.8) is 0 Å². The lowest BCUT2D eigenvalue weighted by molar-refractivity contribution is 0.0298. The first kappa shape index (κ1) is 15.2. The number of nitrogens with one attached hydrogen (secondary N) is 1. The first-order valence-corrected chi connectivity index (χ1v) is 9.13. The van der Waals surface area contributed by atoms with E-state index < -0.39 is 9.84 Å². The van der Waals surface area contributed by atoms with Crippen LogP contribution >= 0.6 is 0 Å². The third-order valence-electron chi connectivity index (χ3n) is 4.27. The van der Waals surface area contributed by atoms with Gasteiger partial charge in [-0.1, -0.05) is 0 Å². The number of carbonyl (C=O) groups is 1. The second kappa shape index (κ2) is 5.32. The minimum absolute atomic E-state index is 0.0341. The van der Waals surface area contributed by atoms with Gasteiger partial charge in [-0.3, -0.25) is 9.89 Å². The molecule has 1 aromatic heterocycles. The van der Waals surface area contributed by atoms with Crippen molar-refractivity contribution in [1.29, 1.82) is 0 Å². The Morgan fingerprint density at radius 1 is 1.29 bits per heavy atom. The van der Waals surface area contributed by atoms with Crippen molar-refractivity contribution in [1.82, 2.24) is 15.1 Å². The maximum Gasteiger partial charge on any atom is 0.272 e. The fraction of sp³-hybridized carbons (Fsp3) is 0.333. The average molecular weight is 349 g/mol. The van der Waals surface area contributed by atoms with E-state index in [-0.39, 0.29) is 28.0 Å². The Kier molecular flexibility index (Phi) is 3.36. The first-order chi connectivity index (χ1) is 11.5. The Bertz CT molecular complexity index is 929. The number of rotatable bonds is 1. The summed E-state index contributed by atoms with van der Waals surface area (Å²) in [5.74, 6) is -0.717. The van der Waals surface area contributed by atoms with Gasteiger partial charge in [-0.2, -0.15) is 5.10 Å². The van der Waals surface area contributed by atoms with E-state index in [2.05, 4.69) is 10.2 Å². The van der Waals surface area contributed by atoms with Crippen LogP contribution in [0.2, 0.25) is 0 Å². The van der Waals surface area contributed by atoms with Crippen LogP contribution in [0.1, 0.15) is 16.1 Å². The van der Waals surface area contributed by atoms with Crippen LogP contribution in [0.3, 0.4) is 0 Å². The molecular formula is C15H15N3O5S. The predicted molar refractivity (Wildman–Crippen MR) is 83.3 cm³/mol. The summed E-state index contributed by atoms with van der Waals surface area (Å²) in [6, 6.07) is 4.12. The van der Waals surface area contributed by atoms with E-state index in [1.54, 1.807) is 4.90 Å². The number of morpholine rings is 1. The van der Waals surface area contributed by atoms with Crippen molar-refractivity contribution < 1.29 is 23.1 Å². The van der Waals surface area contributed by atoms with Crippen LogP contribution in [0, 0.1) is 0 Å². The number of ether oxygens (including phenoxy) is 1. The average Bonchev–Trinajstić information content (AvgIpc) is 2.98. The van der Waals surface area contributed by atoms with Gasteiger partial charge < -0.3 is 14.7 Å². The molecule has 1 aromatic carbocycles. The van der Waals surface area contributed by atoms with Crippen molar-refractivity contribution in [3.05, 3.63) is 29.5 Å². The molecule has 9 heteroatoms. The second-order valence-electron chi connectivity index (χ2n) is 5.77. The lowest BCUT2D eigenvalue weighted by Crippen LogP contribution is -2.41. The van der Waals surface area contributed by atoms with Crippen LogP contribution in [0.25, 0.3) is 11.3 Å². The van der Waals surface area contributed by atoms with Gasteiger partial charge in [0, 0.05) is 24.2 Å². The van der Waals surface area contributed by atoms with Gasteiger partial charge in [0.25, 0.3) is 5.91 Å². The number of carbonyl (C=O) groups excluding carboxylic acids is 1. The van der Waals surface area contributed by atoms with Crippen molar-refractivity contribution in [2.75, 3.05) is 26.3 Å². The number of benzene rings is 1. The van der Waals surface area contributed by atoms with Gasteiger partial charge in [0.2, 0.25) is 0 Å². The highest BCUT2D eigenvalue weighted by Crippen LogP contribution is 2.39. The van der Waals surface area contributed by atoms with E-state index in [4.69, 9.17) is 4.74 Å². The number of hydrogen-bond acceptors (Lipinski definition) is 6. The molecule has 1 amide bonds. The first-order valence-electron chi connectivity index (χ1n) is 7.48. The molecule has 0 bridgehead atoms. The molecule has 2 N–H and O–H groups in total. The number of amides is 1. The van der Waals surface area contributed by atoms with Crippen LogP contribution in [-0.4, -0.2) is 60.8 Å². The highest BCUT2D eigenvalue weighted by atomic mass is 32.2. The molecule has 0 radical (unpaired) electrons. The molecular weight excluding hydrogens is 334 g/mol. The number of aromatic hydroxyl groups is 1. The Morgan fingerprint density at radius 3 is 2.79 bits per heavy atom. The minimum Gasteiger partial charge on any atom is -0.508 e. The zero-order chi connectivity index (χ0) is 16.9. The number of aromatic amines is 1. The molecule has 126 valence electrons. The number of aromatic nitrogens is 2. The van der Waals surface area contributed by atoms with Crippen molar-refractivity contribution >= 4 is 15.7 Å². The molecule has 8 nitrogen and oxygen atoms in total. The standard InChI is InChI=1S/C15H15N3O5S/c19-9-1-2-10-12(7-9)24(21,22)8-11-13(10)16-17-14(11)15(20)18-3-5-23-6-4-18/h1-2,7,19H,3-6,8H2,(H,16,17). The van der Waals surface area contributed by atoms with Gasteiger partial charge in [-0.05, 0) is 18.2 Å². The Hall–Kier alpha value is -2.39. The molecule has 1 saturated heterocycles. The normalized spacial score (nSPS) is 18.8. The number of hydrogen-bond donors (Lipinski definition) is 2. The highest BCUT2D eigenvalue weighted by molar-refractivity contribution is 7.90. The van der Waals surface area contributed by atoms with Crippen LogP contribution in [0.4, 0.5) is 0 Å². The number of nitrogens with zero attached hydrogens (tertiary/aromatic N) is 2. The molecule has 4 rings (SSSR count). The van der Waals surface area contributed by atoms with Gasteiger partial charge in [-0.15, -0.1) is 0 Å². The fourth-order valence-electron chi connectivity index (χ4n) is 3.06. The number of phenols is 1. The topological polar surface area (TPSA) is 113 Å².